The second-order valence-electron chi connectivity index (χ2n) is 4.74. The van der Waals surface area contributed by atoms with Gasteiger partial charge in [0.2, 0.25) is 0 Å². The van der Waals surface area contributed by atoms with Crippen molar-refractivity contribution in [2.75, 3.05) is 0 Å². The highest BCUT2D eigenvalue weighted by Gasteiger charge is 2.13. The van der Waals surface area contributed by atoms with Crippen LogP contribution in [0.2, 0.25) is 0 Å². The van der Waals surface area contributed by atoms with Crippen molar-refractivity contribution < 1.29 is 0 Å². The highest BCUT2D eigenvalue weighted by Crippen LogP contribution is 2.21. The fourth-order valence-electron chi connectivity index (χ4n) is 2.13. The number of nitrogens with one attached hydrogen (secondary N) is 1. The summed E-state index contributed by atoms with van der Waals surface area (Å²) in [6.45, 7) is 0. The van der Waals surface area contributed by atoms with Gasteiger partial charge in [-0.1, -0.05) is 0 Å². The molecule has 0 aromatic carbocycles. The van der Waals surface area contributed by atoms with E-state index in [1.165, 1.54) is 0 Å². The first kappa shape index (κ1) is 13.2. The van der Waals surface area contributed by atoms with Crippen LogP contribution in [0.25, 0.3) is 34.4 Å². The van der Waals surface area contributed by atoms with Gasteiger partial charge in [-0.3, -0.25) is 4.98 Å². The third-order valence-corrected chi connectivity index (χ3v) is 3.20. The van der Waals surface area contributed by atoms with Crippen LogP contribution in [0.5, 0.6) is 0 Å². The van der Waals surface area contributed by atoms with Crippen LogP contribution >= 0.6 is 0 Å². The Bertz CT molecular complexity index is 848. The molecular weight excluding hydrogens is 290 g/mol. The number of rotatable bonds is 3. The number of aromatic amines is 1. The summed E-state index contributed by atoms with van der Waals surface area (Å²) < 4.78 is 0. The average Bonchev–Trinajstić information content (AvgIpc) is 3.18. The van der Waals surface area contributed by atoms with E-state index in [1.54, 1.807) is 24.7 Å². The van der Waals surface area contributed by atoms with Gasteiger partial charge in [0.25, 0.3) is 0 Å². The SMILES string of the molecule is c1cncc(-c2nc(-c3cccnn3)nc(-c3ccc[nH]3)n2)c1. The maximum Gasteiger partial charge on any atom is 0.184 e. The molecule has 4 rings (SSSR count). The molecule has 0 atom stereocenters. The Morgan fingerprint density at radius 2 is 1.65 bits per heavy atom. The van der Waals surface area contributed by atoms with E-state index >= 15 is 0 Å². The molecule has 0 radical (unpaired) electrons. The molecule has 7 heteroatoms. The molecule has 0 aliphatic carbocycles. The van der Waals surface area contributed by atoms with Crippen molar-refractivity contribution in [3.8, 4) is 34.4 Å². The van der Waals surface area contributed by atoms with E-state index in [-0.39, 0.29) is 0 Å². The molecule has 7 nitrogen and oxygen atoms in total. The topological polar surface area (TPSA) is 93.1 Å². The minimum Gasteiger partial charge on any atom is -0.359 e. The van der Waals surface area contributed by atoms with Gasteiger partial charge in [0.05, 0.1) is 5.69 Å². The van der Waals surface area contributed by atoms with Gasteiger partial charge in [0.1, 0.15) is 5.69 Å². The lowest BCUT2D eigenvalue weighted by molar-refractivity contribution is 0.992. The molecular formula is C16H11N7. The van der Waals surface area contributed by atoms with E-state index in [9.17, 15) is 0 Å². The summed E-state index contributed by atoms with van der Waals surface area (Å²) in [5.41, 5.74) is 2.21. The summed E-state index contributed by atoms with van der Waals surface area (Å²) in [6, 6.07) is 11.2. The van der Waals surface area contributed by atoms with E-state index < -0.39 is 0 Å². The first-order valence-electron chi connectivity index (χ1n) is 6.98. The fraction of sp³-hybridized carbons (Fsp3) is 0. The van der Waals surface area contributed by atoms with Gasteiger partial charge in [-0.15, -0.1) is 5.10 Å². The first-order valence-corrected chi connectivity index (χ1v) is 6.98. The number of pyridine rings is 1. The molecule has 0 aliphatic heterocycles. The molecule has 0 aliphatic rings. The molecule has 4 aromatic rings. The molecule has 0 unspecified atom stereocenters. The van der Waals surface area contributed by atoms with Crippen LogP contribution in [0, 0.1) is 0 Å². The minimum atomic E-state index is 0.469. The van der Waals surface area contributed by atoms with Crippen molar-refractivity contribution in [1.82, 2.24) is 35.1 Å². The maximum absolute atomic E-state index is 4.53. The van der Waals surface area contributed by atoms with Gasteiger partial charge in [-0.25, -0.2) is 15.0 Å². The van der Waals surface area contributed by atoms with Crippen LogP contribution in [0.1, 0.15) is 0 Å². The Morgan fingerprint density at radius 3 is 2.39 bits per heavy atom. The Labute approximate surface area is 131 Å². The average molecular weight is 301 g/mol. The smallest absolute Gasteiger partial charge is 0.184 e. The zero-order chi connectivity index (χ0) is 15.5. The van der Waals surface area contributed by atoms with Crippen LogP contribution in [-0.4, -0.2) is 35.1 Å². The van der Waals surface area contributed by atoms with Crippen molar-refractivity contribution in [1.29, 1.82) is 0 Å². The Kier molecular flexibility index (Phi) is 3.28. The van der Waals surface area contributed by atoms with E-state index in [4.69, 9.17) is 0 Å². The molecule has 0 bridgehead atoms. The van der Waals surface area contributed by atoms with E-state index in [2.05, 4.69) is 35.1 Å². The normalized spacial score (nSPS) is 10.6. The second kappa shape index (κ2) is 5.72. The Balaban J connectivity index is 1.91. The highest BCUT2D eigenvalue weighted by molar-refractivity contribution is 5.62. The van der Waals surface area contributed by atoms with Crippen molar-refractivity contribution in [2.24, 2.45) is 0 Å². The number of hydrogen-bond acceptors (Lipinski definition) is 6. The van der Waals surface area contributed by atoms with Gasteiger partial charge in [0, 0.05) is 30.4 Å². The van der Waals surface area contributed by atoms with E-state index in [0.717, 1.165) is 11.3 Å². The number of H-pyrrole nitrogens is 1. The van der Waals surface area contributed by atoms with Crippen LogP contribution in [0.4, 0.5) is 0 Å². The summed E-state index contributed by atoms with van der Waals surface area (Å²) in [7, 11) is 0. The zero-order valence-corrected chi connectivity index (χ0v) is 12.0. The maximum atomic E-state index is 4.53. The lowest BCUT2D eigenvalue weighted by atomic mass is 10.2. The number of nitrogens with zero attached hydrogens (tertiary/aromatic N) is 6. The first-order chi connectivity index (χ1) is 11.4. The quantitative estimate of drug-likeness (QED) is 0.624. The van der Waals surface area contributed by atoms with Gasteiger partial charge in [-0.05, 0) is 36.4 Å². The van der Waals surface area contributed by atoms with Gasteiger partial charge < -0.3 is 4.98 Å². The van der Waals surface area contributed by atoms with Crippen molar-refractivity contribution in [3.63, 3.8) is 0 Å². The zero-order valence-electron chi connectivity index (χ0n) is 12.0. The predicted molar refractivity (Wildman–Crippen MR) is 83.9 cm³/mol. The van der Waals surface area contributed by atoms with Gasteiger partial charge >= 0.3 is 0 Å². The largest absolute Gasteiger partial charge is 0.359 e. The second-order valence-corrected chi connectivity index (χ2v) is 4.74. The van der Waals surface area contributed by atoms with Crippen molar-refractivity contribution >= 4 is 0 Å². The lowest BCUT2D eigenvalue weighted by Gasteiger charge is -2.05. The van der Waals surface area contributed by atoms with Crippen LogP contribution in [0.3, 0.4) is 0 Å². The summed E-state index contributed by atoms with van der Waals surface area (Å²) in [5.74, 6) is 1.56. The molecule has 0 amide bonds. The Morgan fingerprint density at radius 1 is 0.783 bits per heavy atom. The predicted octanol–water partition coefficient (Wildman–Crippen LogP) is 2.39. The molecule has 1 N–H and O–H groups in total. The molecule has 0 saturated carbocycles. The third-order valence-electron chi connectivity index (χ3n) is 3.20. The van der Waals surface area contributed by atoms with Gasteiger partial charge in [0.15, 0.2) is 17.5 Å². The fourth-order valence-corrected chi connectivity index (χ4v) is 2.13. The molecule has 0 saturated heterocycles. The minimum absolute atomic E-state index is 0.469. The molecule has 0 spiro atoms. The van der Waals surface area contributed by atoms with Crippen molar-refractivity contribution in [3.05, 3.63) is 61.2 Å². The summed E-state index contributed by atoms with van der Waals surface area (Å²) in [4.78, 5) is 20.8. The lowest BCUT2D eigenvalue weighted by Crippen LogP contribution is -2.01. The summed E-state index contributed by atoms with van der Waals surface area (Å²) in [6.07, 6.45) is 6.86. The number of hydrogen-bond donors (Lipinski definition) is 1. The molecule has 4 heterocycles. The van der Waals surface area contributed by atoms with E-state index in [0.29, 0.717) is 23.2 Å². The summed E-state index contributed by atoms with van der Waals surface area (Å²) in [5, 5.41) is 7.96. The molecule has 4 aromatic heterocycles. The van der Waals surface area contributed by atoms with Crippen LogP contribution in [0.15, 0.2) is 61.2 Å². The van der Waals surface area contributed by atoms with Gasteiger partial charge in [-0.2, -0.15) is 5.10 Å². The standard InChI is InChI=1S/C16H11N7/c1-4-11(10-17-7-1)14-20-15(12-5-2-8-18-12)22-16(21-14)13-6-3-9-19-23-13/h1-10,18H. The summed E-state index contributed by atoms with van der Waals surface area (Å²) >= 11 is 0. The highest BCUT2D eigenvalue weighted by atomic mass is 15.1. The van der Waals surface area contributed by atoms with E-state index in [1.807, 2.05) is 36.5 Å². The monoisotopic (exact) mass is 301 g/mol. The van der Waals surface area contributed by atoms with Crippen LogP contribution < -0.4 is 0 Å². The number of aromatic nitrogens is 7. The van der Waals surface area contributed by atoms with Crippen molar-refractivity contribution in [2.45, 2.75) is 0 Å². The van der Waals surface area contributed by atoms with Crippen LogP contribution in [-0.2, 0) is 0 Å². The molecule has 110 valence electrons. The Hall–Kier alpha value is -3.48. The molecule has 0 fully saturated rings. The third kappa shape index (κ3) is 2.67. The molecule has 23 heavy (non-hydrogen) atoms.